The van der Waals surface area contributed by atoms with Gasteiger partial charge in [-0.05, 0) is 24.1 Å². The summed E-state index contributed by atoms with van der Waals surface area (Å²) in [5, 5.41) is 11.5. The number of nitrogens with zero attached hydrogens (tertiary/aromatic N) is 1. The zero-order valence-corrected chi connectivity index (χ0v) is 11.5. The van der Waals surface area contributed by atoms with E-state index in [1.54, 1.807) is 6.07 Å². The molecule has 2 amide bonds. The number of rotatable bonds is 1. The van der Waals surface area contributed by atoms with Crippen molar-refractivity contribution in [2.75, 3.05) is 0 Å². The van der Waals surface area contributed by atoms with Gasteiger partial charge in [0.25, 0.3) is 0 Å². The van der Waals surface area contributed by atoms with Crippen molar-refractivity contribution in [1.82, 2.24) is 5.32 Å². The smallest absolute Gasteiger partial charge is 0.234 e. The molecule has 1 aromatic rings. The summed E-state index contributed by atoms with van der Waals surface area (Å²) in [6.45, 7) is 0. The molecular formula is C12H8BrClN2O2. The Labute approximate surface area is 117 Å². The summed E-state index contributed by atoms with van der Waals surface area (Å²) in [7, 11) is 0. The second-order valence-corrected chi connectivity index (χ2v) is 5.23. The monoisotopic (exact) mass is 326 g/mol. The maximum atomic E-state index is 11.8. The van der Waals surface area contributed by atoms with Crippen LogP contribution in [0.25, 0.3) is 0 Å². The Hall–Kier alpha value is -1.38. The van der Waals surface area contributed by atoms with E-state index >= 15 is 0 Å². The van der Waals surface area contributed by atoms with Gasteiger partial charge in [0.2, 0.25) is 11.8 Å². The highest BCUT2D eigenvalue weighted by atomic mass is 79.9. The molecule has 1 unspecified atom stereocenters. The molecule has 0 bridgehead atoms. The molecule has 1 aliphatic rings. The van der Waals surface area contributed by atoms with E-state index < -0.39 is 5.92 Å². The number of benzene rings is 1. The average Bonchev–Trinajstić information content (AvgIpc) is 2.30. The van der Waals surface area contributed by atoms with Crippen LogP contribution in [0.3, 0.4) is 0 Å². The standard InChI is InChI=1S/C12H8BrClN2O2/c13-8-3-6(5-15)4-9(14)11(8)7-1-2-10(17)16-12(7)18/h3-4,7H,1-2H2,(H,16,17,18). The van der Waals surface area contributed by atoms with Crippen LogP contribution in [0, 0.1) is 11.3 Å². The number of nitrogens with one attached hydrogen (secondary N) is 1. The highest BCUT2D eigenvalue weighted by molar-refractivity contribution is 9.10. The van der Waals surface area contributed by atoms with Crippen LogP contribution in [0.5, 0.6) is 0 Å². The molecule has 1 aromatic carbocycles. The normalized spacial score (nSPS) is 19.3. The van der Waals surface area contributed by atoms with Gasteiger partial charge < -0.3 is 0 Å². The number of amides is 2. The maximum Gasteiger partial charge on any atom is 0.234 e. The lowest BCUT2D eigenvalue weighted by Crippen LogP contribution is -2.39. The molecule has 1 heterocycles. The number of carbonyl (C=O) groups excluding carboxylic acids is 2. The SMILES string of the molecule is N#Cc1cc(Cl)c(C2CCC(=O)NC2=O)c(Br)c1. The summed E-state index contributed by atoms with van der Waals surface area (Å²) in [6, 6.07) is 5.12. The van der Waals surface area contributed by atoms with Gasteiger partial charge >= 0.3 is 0 Å². The van der Waals surface area contributed by atoms with Gasteiger partial charge in [-0.15, -0.1) is 0 Å². The highest BCUT2D eigenvalue weighted by Crippen LogP contribution is 2.36. The first-order valence-corrected chi connectivity index (χ1v) is 6.42. The number of hydrogen-bond acceptors (Lipinski definition) is 3. The molecule has 0 aliphatic carbocycles. The fourth-order valence-electron chi connectivity index (χ4n) is 1.95. The molecule has 1 N–H and O–H groups in total. The second kappa shape index (κ2) is 5.09. The lowest BCUT2D eigenvalue weighted by Gasteiger charge is -2.23. The Bertz CT molecular complexity index is 557. The molecule has 4 nitrogen and oxygen atoms in total. The highest BCUT2D eigenvalue weighted by Gasteiger charge is 2.31. The number of hydrogen-bond donors (Lipinski definition) is 1. The van der Waals surface area contributed by atoms with E-state index in [2.05, 4.69) is 21.2 Å². The van der Waals surface area contributed by atoms with E-state index in [1.165, 1.54) is 6.07 Å². The Balaban J connectivity index is 2.43. The summed E-state index contributed by atoms with van der Waals surface area (Å²) < 4.78 is 0.612. The van der Waals surface area contributed by atoms with E-state index in [1.807, 2.05) is 6.07 Å². The third kappa shape index (κ3) is 2.40. The van der Waals surface area contributed by atoms with E-state index in [0.717, 1.165) is 0 Å². The van der Waals surface area contributed by atoms with Crippen LogP contribution in [0.15, 0.2) is 16.6 Å². The molecule has 0 aromatic heterocycles. The van der Waals surface area contributed by atoms with Crippen molar-refractivity contribution in [2.24, 2.45) is 0 Å². The van der Waals surface area contributed by atoms with Gasteiger partial charge in [-0.3, -0.25) is 14.9 Å². The van der Waals surface area contributed by atoms with E-state index in [-0.39, 0.29) is 11.8 Å². The minimum absolute atomic E-state index is 0.267. The second-order valence-electron chi connectivity index (χ2n) is 3.97. The summed E-state index contributed by atoms with van der Waals surface area (Å²) >= 11 is 9.42. The summed E-state index contributed by atoms with van der Waals surface area (Å²) in [4.78, 5) is 22.9. The van der Waals surface area contributed by atoms with Gasteiger partial charge in [0.05, 0.1) is 17.6 Å². The molecule has 92 valence electrons. The van der Waals surface area contributed by atoms with Crippen molar-refractivity contribution >= 4 is 39.3 Å². The molecule has 1 aliphatic heterocycles. The quantitative estimate of drug-likeness (QED) is 0.806. The largest absolute Gasteiger partial charge is 0.296 e. The number of imide groups is 1. The first-order valence-electron chi connectivity index (χ1n) is 5.25. The molecule has 0 radical (unpaired) electrons. The third-order valence-electron chi connectivity index (χ3n) is 2.80. The van der Waals surface area contributed by atoms with Crippen molar-refractivity contribution in [3.05, 3.63) is 32.8 Å². The topological polar surface area (TPSA) is 70.0 Å². The Kier molecular flexibility index (Phi) is 3.69. The van der Waals surface area contributed by atoms with Gasteiger partial charge in [0.15, 0.2) is 0 Å². The van der Waals surface area contributed by atoms with E-state index in [4.69, 9.17) is 16.9 Å². The lowest BCUT2D eigenvalue weighted by molar-refractivity contribution is -0.134. The maximum absolute atomic E-state index is 11.8. The Morgan fingerprint density at radius 2 is 2.17 bits per heavy atom. The zero-order chi connectivity index (χ0) is 13.3. The third-order valence-corrected chi connectivity index (χ3v) is 3.76. The van der Waals surface area contributed by atoms with Gasteiger partial charge in [0.1, 0.15) is 0 Å². The fraction of sp³-hybridized carbons (Fsp3) is 0.250. The van der Waals surface area contributed by atoms with Crippen LogP contribution >= 0.6 is 27.5 Å². The van der Waals surface area contributed by atoms with Crippen LogP contribution < -0.4 is 5.32 Å². The number of piperidine rings is 1. The van der Waals surface area contributed by atoms with Crippen LogP contribution in [-0.2, 0) is 9.59 Å². The fourth-order valence-corrected chi connectivity index (χ4v) is 3.15. The molecule has 2 rings (SSSR count). The minimum Gasteiger partial charge on any atom is -0.296 e. The molecule has 0 spiro atoms. The molecule has 0 saturated carbocycles. The van der Waals surface area contributed by atoms with E-state index in [9.17, 15) is 9.59 Å². The number of halogens is 2. The lowest BCUT2D eigenvalue weighted by atomic mass is 9.90. The van der Waals surface area contributed by atoms with Crippen molar-refractivity contribution in [3.63, 3.8) is 0 Å². The van der Waals surface area contributed by atoms with Crippen molar-refractivity contribution in [3.8, 4) is 6.07 Å². The summed E-state index contributed by atoms with van der Waals surface area (Å²) in [5.74, 6) is -1.08. The van der Waals surface area contributed by atoms with Crippen LogP contribution in [0.1, 0.15) is 29.9 Å². The first-order chi connectivity index (χ1) is 8.52. The molecule has 18 heavy (non-hydrogen) atoms. The van der Waals surface area contributed by atoms with Gasteiger partial charge in [0, 0.05) is 15.9 Å². The molecule has 6 heteroatoms. The Morgan fingerprint density at radius 3 is 2.72 bits per heavy atom. The summed E-state index contributed by atoms with van der Waals surface area (Å²) in [6.07, 6.45) is 0.716. The molecule has 1 fully saturated rings. The molecule has 1 saturated heterocycles. The van der Waals surface area contributed by atoms with Gasteiger partial charge in [-0.2, -0.15) is 5.26 Å². The van der Waals surface area contributed by atoms with Gasteiger partial charge in [-0.25, -0.2) is 0 Å². The minimum atomic E-state index is -0.461. The van der Waals surface area contributed by atoms with Crippen LogP contribution in [0.4, 0.5) is 0 Å². The first kappa shape index (κ1) is 13.1. The van der Waals surface area contributed by atoms with Crippen molar-refractivity contribution < 1.29 is 9.59 Å². The number of carbonyl (C=O) groups is 2. The van der Waals surface area contributed by atoms with Gasteiger partial charge in [-0.1, -0.05) is 27.5 Å². The zero-order valence-electron chi connectivity index (χ0n) is 9.17. The van der Waals surface area contributed by atoms with Crippen molar-refractivity contribution in [2.45, 2.75) is 18.8 Å². The van der Waals surface area contributed by atoms with Crippen LogP contribution in [0.2, 0.25) is 5.02 Å². The predicted molar refractivity (Wildman–Crippen MR) is 69.0 cm³/mol. The molecular weight excluding hydrogens is 320 g/mol. The average molecular weight is 328 g/mol. The Morgan fingerprint density at radius 1 is 1.44 bits per heavy atom. The molecule has 1 atom stereocenters. The number of nitriles is 1. The predicted octanol–water partition coefficient (Wildman–Crippen LogP) is 2.49. The summed E-state index contributed by atoms with van der Waals surface area (Å²) in [5.41, 5.74) is 1.04. The van der Waals surface area contributed by atoms with Crippen LogP contribution in [-0.4, -0.2) is 11.8 Å². The van der Waals surface area contributed by atoms with E-state index in [0.29, 0.717) is 33.5 Å². The van der Waals surface area contributed by atoms with Crippen molar-refractivity contribution in [1.29, 1.82) is 5.26 Å².